The van der Waals surface area contributed by atoms with E-state index in [1.807, 2.05) is 0 Å². The Labute approximate surface area is 186 Å². The van der Waals surface area contributed by atoms with Crippen LogP contribution in [0.3, 0.4) is 0 Å². The Hall–Kier alpha value is -2.31. The molecule has 0 unspecified atom stereocenters. The SMILES string of the molecule is O=C(Nc1cccnc1)c1nn(Cc2ccc(Cl)cc2Cl)c2c(Cl)cc(Cl)cc12. The van der Waals surface area contributed by atoms with Crippen molar-refractivity contribution in [2.45, 2.75) is 6.54 Å². The van der Waals surface area contributed by atoms with E-state index >= 15 is 0 Å². The van der Waals surface area contributed by atoms with Gasteiger partial charge in [-0.1, -0.05) is 52.5 Å². The predicted molar refractivity (Wildman–Crippen MR) is 118 cm³/mol. The Bertz CT molecular complexity index is 1220. The second kappa shape index (κ2) is 8.20. The van der Waals surface area contributed by atoms with E-state index in [-0.39, 0.29) is 5.69 Å². The normalized spacial score (nSPS) is 11.0. The molecule has 0 aliphatic heterocycles. The molecule has 0 fully saturated rings. The van der Waals surface area contributed by atoms with Crippen LogP contribution in [0.25, 0.3) is 10.9 Å². The number of carbonyl (C=O) groups is 1. The lowest BCUT2D eigenvalue weighted by Gasteiger charge is -2.07. The maximum Gasteiger partial charge on any atom is 0.276 e. The van der Waals surface area contributed by atoms with Gasteiger partial charge < -0.3 is 5.32 Å². The molecule has 0 spiro atoms. The second-order valence-electron chi connectivity index (χ2n) is 6.22. The van der Waals surface area contributed by atoms with E-state index in [1.165, 1.54) is 0 Å². The summed E-state index contributed by atoms with van der Waals surface area (Å²) in [5.74, 6) is -0.401. The summed E-state index contributed by atoms with van der Waals surface area (Å²) in [6, 6.07) is 11.9. The Kier molecular flexibility index (Phi) is 5.65. The van der Waals surface area contributed by atoms with Crippen LogP contribution in [-0.4, -0.2) is 20.7 Å². The van der Waals surface area contributed by atoms with Crippen molar-refractivity contribution in [2.75, 3.05) is 5.32 Å². The maximum atomic E-state index is 12.9. The zero-order chi connectivity index (χ0) is 20.5. The molecule has 2 aromatic carbocycles. The molecule has 0 saturated heterocycles. The lowest BCUT2D eigenvalue weighted by atomic mass is 10.2. The highest BCUT2D eigenvalue weighted by atomic mass is 35.5. The average Bonchev–Trinajstić information content (AvgIpc) is 3.03. The molecule has 0 atom stereocenters. The number of aromatic nitrogens is 3. The van der Waals surface area contributed by atoms with E-state index in [9.17, 15) is 4.79 Å². The molecule has 4 aromatic rings. The Morgan fingerprint density at radius 2 is 1.79 bits per heavy atom. The molecule has 0 saturated carbocycles. The molecule has 2 aromatic heterocycles. The van der Waals surface area contributed by atoms with Gasteiger partial charge in [0.05, 0.1) is 29.0 Å². The van der Waals surface area contributed by atoms with Gasteiger partial charge in [0.15, 0.2) is 5.69 Å². The van der Waals surface area contributed by atoms with Gasteiger partial charge in [-0.25, -0.2) is 0 Å². The lowest BCUT2D eigenvalue weighted by molar-refractivity contribution is 0.102. The van der Waals surface area contributed by atoms with Crippen LogP contribution in [0.2, 0.25) is 20.1 Å². The van der Waals surface area contributed by atoms with Gasteiger partial charge in [-0.15, -0.1) is 0 Å². The fourth-order valence-electron chi connectivity index (χ4n) is 2.95. The highest BCUT2D eigenvalue weighted by Crippen LogP contribution is 2.32. The lowest BCUT2D eigenvalue weighted by Crippen LogP contribution is -2.14. The summed E-state index contributed by atoms with van der Waals surface area (Å²) in [6.45, 7) is 0.300. The molecular weight excluding hydrogens is 454 g/mol. The number of nitrogens with zero attached hydrogens (tertiary/aromatic N) is 3. The van der Waals surface area contributed by atoms with Gasteiger partial charge in [-0.05, 0) is 42.0 Å². The van der Waals surface area contributed by atoms with Crippen molar-refractivity contribution in [3.63, 3.8) is 0 Å². The van der Waals surface area contributed by atoms with Crippen LogP contribution in [0.1, 0.15) is 16.1 Å². The summed E-state index contributed by atoms with van der Waals surface area (Å²) >= 11 is 24.9. The van der Waals surface area contributed by atoms with Gasteiger partial charge in [-0.3, -0.25) is 14.5 Å². The third kappa shape index (κ3) is 4.19. The van der Waals surface area contributed by atoms with E-state index in [1.54, 1.807) is 59.5 Å². The number of nitrogens with one attached hydrogen (secondary N) is 1. The van der Waals surface area contributed by atoms with Crippen LogP contribution in [0.15, 0.2) is 54.9 Å². The van der Waals surface area contributed by atoms with E-state index in [0.29, 0.717) is 43.2 Å². The Morgan fingerprint density at radius 1 is 1.00 bits per heavy atom. The minimum atomic E-state index is -0.401. The zero-order valence-corrected chi connectivity index (χ0v) is 17.7. The van der Waals surface area contributed by atoms with Crippen molar-refractivity contribution in [3.8, 4) is 0 Å². The number of pyridine rings is 1. The molecule has 0 bridgehead atoms. The van der Waals surface area contributed by atoms with Crippen LogP contribution in [0, 0.1) is 0 Å². The average molecular weight is 466 g/mol. The topological polar surface area (TPSA) is 59.8 Å². The number of hydrogen-bond acceptors (Lipinski definition) is 3. The summed E-state index contributed by atoms with van der Waals surface area (Å²) in [5.41, 5.74) is 2.11. The van der Waals surface area contributed by atoms with Gasteiger partial charge >= 0.3 is 0 Å². The standard InChI is InChI=1S/C20H12Cl4N4O/c21-12-4-3-11(16(23)7-12)10-28-19-15(6-13(22)8-17(19)24)18(27-28)20(29)26-14-2-1-5-25-9-14/h1-9H,10H2,(H,26,29). The van der Waals surface area contributed by atoms with Crippen molar-refractivity contribution in [1.29, 1.82) is 0 Å². The minimum Gasteiger partial charge on any atom is -0.319 e. The molecule has 4 rings (SSSR count). The number of halogens is 4. The molecule has 0 aliphatic carbocycles. The van der Waals surface area contributed by atoms with Gasteiger partial charge in [0.1, 0.15) is 0 Å². The first kappa shape index (κ1) is 20.0. The van der Waals surface area contributed by atoms with Gasteiger partial charge in [0.25, 0.3) is 5.91 Å². The van der Waals surface area contributed by atoms with Crippen molar-refractivity contribution < 1.29 is 4.79 Å². The zero-order valence-electron chi connectivity index (χ0n) is 14.7. The quantitative estimate of drug-likeness (QED) is 0.382. The number of carbonyl (C=O) groups excluding carboxylic acids is 1. The number of fused-ring (bicyclic) bond motifs is 1. The first-order valence-corrected chi connectivity index (χ1v) is 9.94. The van der Waals surface area contributed by atoms with Crippen LogP contribution in [-0.2, 0) is 6.54 Å². The Morgan fingerprint density at radius 3 is 2.52 bits per heavy atom. The number of amides is 1. The first-order chi connectivity index (χ1) is 13.9. The first-order valence-electron chi connectivity index (χ1n) is 8.43. The molecule has 1 N–H and O–H groups in total. The number of benzene rings is 2. The summed E-state index contributed by atoms with van der Waals surface area (Å²) in [6.07, 6.45) is 3.17. The fourth-order valence-corrected chi connectivity index (χ4v) is 4.01. The molecule has 146 valence electrons. The number of anilines is 1. The molecular formula is C20H12Cl4N4O. The summed E-state index contributed by atoms with van der Waals surface area (Å²) in [5, 5.41) is 9.62. The van der Waals surface area contributed by atoms with Crippen molar-refractivity contribution in [2.24, 2.45) is 0 Å². The van der Waals surface area contributed by atoms with Crippen molar-refractivity contribution in [3.05, 3.63) is 86.2 Å². The van der Waals surface area contributed by atoms with E-state index in [4.69, 9.17) is 46.4 Å². The molecule has 5 nitrogen and oxygen atoms in total. The van der Waals surface area contributed by atoms with Crippen LogP contribution in [0.4, 0.5) is 5.69 Å². The number of hydrogen-bond donors (Lipinski definition) is 1. The van der Waals surface area contributed by atoms with E-state index in [2.05, 4.69) is 15.4 Å². The van der Waals surface area contributed by atoms with Crippen molar-refractivity contribution >= 4 is 68.9 Å². The second-order valence-corrected chi connectivity index (χ2v) is 7.91. The fraction of sp³-hybridized carbons (Fsp3) is 0.0500. The number of rotatable bonds is 4. The van der Waals surface area contributed by atoms with Crippen LogP contribution >= 0.6 is 46.4 Å². The summed E-state index contributed by atoms with van der Waals surface area (Å²) in [4.78, 5) is 16.9. The minimum absolute atomic E-state index is 0.193. The molecule has 0 radical (unpaired) electrons. The molecule has 9 heteroatoms. The molecule has 0 aliphatic rings. The maximum absolute atomic E-state index is 12.9. The smallest absolute Gasteiger partial charge is 0.276 e. The highest BCUT2D eigenvalue weighted by molar-refractivity contribution is 6.39. The Balaban J connectivity index is 1.80. The molecule has 29 heavy (non-hydrogen) atoms. The summed E-state index contributed by atoms with van der Waals surface area (Å²) in [7, 11) is 0. The van der Waals surface area contributed by atoms with Gasteiger partial charge in [-0.2, -0.15) is 5.10 Å². The summed E-state index contributed by atoms with van der Waals surface area (Å²) < 4.78 is 1.63. The van der Waals surface area contributed by atoms with Crippen molar-refractivity contribution in [1.82, 2.24) is 14.8 Å². The van der Waals surface area contributed by atoms with Crippen LogP contribution in [0.5, 0.6) is 0 Å². The highest BCUT2D eigenvalue weighted by Gasteiger charge is 2.21. The van der Waals surface area contributed by atoms with Crippen LogP contribution < -0.4 is 5.32 Å². The van der Waals surface area contributed by atoms with E-state index in [0.717, 1.165) is 5.56 Å². The largest absolute Gasteiger partial charge is 0.319 e. The molecule has 1 amide bonds. The van der Waals surface area contributed by atoms with E-state index < -0.39 is 5.91 Å². The van der Waals surface area contributed by atoms with Gasteiger partial charge in [0, 0.05) is 26.7 Å². The monoisotopic (exact) mass is 464 g/mol. The third-order valence-electron chi connectivity index (χ3n) is 4.23. The van der Waals surface area contributed by atoms with Gasteiger partial charge in [0.2, 0.25) is 0 Å². The predicted octanol–water partition coefficient (Wildman–Crippen LogP) is 6.35. The molecule has 2 heterocycles. The third-order valence-corrected chi connectivity index (χ3v) is 5.33.